The molecule has 27 heavy (non-hydrogen) atoms. The Morgan fingerprint density at radius 1 is 1.26 bits per heavy atom. The Morgan fingerprint density at radius 2 is 2.00 bits per heavy atom. The lowest BCUT2D eigenvalue weighted by Gasteiger charge is -2.33. The van der Waals surface area contributed by atoms with Crippen molar-refractivity contribution in [2.24, 2.45) is 16.7 Å². The van der Waals surface area contributed by atoms with E-state index in [1.807, 2.05) is 41.1 Å². The third-order valence-corrected chi connectivity index (χ3v) is 7.39. The summed E-state index contributed by atoms with van der Waals surface area (Å²) in [6.45, 7) is 9.31. The zero-order chi connectivity index (χ0) is 19.2. The lowest BCUT2D eigenvalue weighted by molar-refractivity contribution is 0.104. The van der Waals surface area contributed by atoms with Crippen LogP contribution in [0.2, 0.25) is 0 Å². The van der Waals surface area contributed by atoms with Gasteiger partial charge in [0.25, 0.3) is 0 Å². The number of nitrogens with zero attached hydrogens (tertiary/aromatic N) is 2. The predicted octanol–water partition coefficient (Wildman–Crippen LogP) is 5.78. The average molecular weight is 363 g/mol. The van der Waals surface area contributed by atoms with Crippen molar-refractivity contribution in [2.75, 3.05) is 0 Å². The van der Waals surface area contributed by atoms with E-state index in [9.17, 15) is 4.79 Å². The molecule has 142 valence electrons. The first-order valence-electron chi connectivity index (χ1n) is 10.2. The Hall–Kier alpha value is -2.16. The van der Waals surface area contributed by atoms with Gasteiger partial charge in [0.2, 0.25) is 0 Å². The van der Waals surface area contributed by atoms with Gasteiger partial charge >= 0.3 is 0 Å². The van der Waals surface area contributed by atoms with E-state index < -0.39 is 0 Å². The molecular weight excluding hydrogens is 332 g/mol. The van der Waals surface area contributed by atoms with E-state index in [1.165, 1.54) is 18.4 Å². The minimum atomic E-state index is 0.127. The number of fused-ring (bicyclic) bond motifs is 2. The average Bonchev–Trinajstić information content (AvgIpc) is 3.21. The second-order valence-corrected chi connectivity index (χ2v) is 9.14. The van der Waals surface area contributed by atoms with Crippen molar-refractivity contribution in [2.45, 2.75) is 59.8 Å². The molecule has 2 bridgehead atoms. The highest BCUT2D eigenvalue weighted by Gasteiger charge is 2.58. The number of allylic oxidation sites excluding steroid dienone is 2. The maximum absolute atomic E-state index is 13.2. The summed E-state index contributed by atoms with van der Waals surface area (Å²) in [4.78, 5) is 13.2. The third-order valence-electron chi connectivity index (χ3n) is 7.39. The highest BCUT2D eigenvalue weighted by Crippen LogP contribution is 2.67. The Kier molecular flexibility index (Phi) is 4.37. The van der Waals surface area contributed by atoms with Crippen LogP contribution in [0.1, 0.15) is 69.4 Å². The normalized spacial score (nSPS) is 27.4. The Bertz CT molecular complexity index is 888. The quantitative estimate of drug-likeness (QED) is 0.499. The van der Waals surface area contributed by atoms with Crippen LogP contribution in [0.15, 0.2) is 48.2 Å². The number of aromatic nitrogens is 2. The fraction of sp³-hybridized carbons (Fsp3) is 0.500. The summed E-state index contributed by atoms with van der Waals surface area (Å²) in [7, 11) is 0. The topological polar surface area (TPSA) is 34.9 Å². The molecule has 2 aromatic rings. The molecule has 2 atom stereocenters. The van der Waals surface area contributed by atoms with E-state index in [1.54, 1.807) is 6.20 Å². The summed E-state index contributed by atoms with van der Waals surface area (Å²) in [5, 5.41) is 4.56. The Labute approximate surface area is 162 Å². The fourth-order valence-electron chi connectivity index (χ4n) is 5.35. The van der Waals surface area contributed by atoms with Crippen molar-refractivity contribution < 1.29 is 4.79 Å². The van der Waals surface area contributed by atoms with Gasteiger partial charge in [0.05, 0.1) is 23.1 Å². The van der Waals surface area contributed by atoms with E-state index in [4.69, 9.17) is 0 Å². The molecule has 2 saturated carbocycles. The zero-order valence-corrected chi connectivity index (χ0v) is 17.0. The molecule has 0 spiro atoms. The van der Waals surface area contributed by atoms with E-state index in [-0.39, 0.29) is 5.78 Å². The summed E-state index contributed by atoms with van der Waals surface area (Å²) in [5.41, 5.74) is 4.79. The lowest BCUT2D eigenvalue weighted by atomic mass is 9.71. The van der Waals surface area contributed by atoms with Crippen molar-refractivity contribution in [3.63, 3.8) is 0 Å². The molecule has 3 nitrogen and oxygen atoms in total. The number of ketones is 1. The number of hydrogen-bond acceptors (Lipinski definition) is 2. The minimum absolute atomic E-state index is 0.127. The number of carbonyl (C=O) groups excluding carboxylic acids is 1. The maximum Gasteiger partial charge on any atom is 0.189 e. The van der Waals surface area contributed by atoms with Crippen LogP contribution in [0.25, 0.3) is 5.69 Å². The highest BCUT2D eigenvalue weighted by atomic mass is 16.1. The van der Waals surface area contributed by atoms with Gasteiger partial charge in [-0.25, -0.2) is 4.68 Å². The molecule has 0 saturated heterocycles. The second-order valence-electron chi connectivity index (χ2n) is 9.14. The van der Waals surface area contributed by atoms with Gasteiger partial charge in [-0.3, -0.25) is 4.79 Å². The highest BCUT2D eigenvalue weighted by molar-refractivity contribution is 6.05. The Morgan fingerprint density at radius 3 is 2.59 bits per heavy atom. The first kappa shape index (κ1) is 18.2. The number of rotatable bonds is 5. The van der Waals surface area contributed by atoms with Gasteiger partial charge in [-0.15, -0.1) is 0 Å². The molecule has 4 rings (SSSR count). The van der Waals surface area contributed by atoms with Gasteiger partial charge in [0.15, 0.2) is 5.78 Å². The lowest BCUT2D eigenvalue weighted by Crippen LogP contribution is -2.26. The summed E-state index contributed by atoms with van der Waals surface area (Å²) < 4.78 is 1.93. The third kappa shape index (κ3) is 2.79. The van der Waals surface area contributed by atoms with Gasteiger partial charge in [0, 0.05) is 0 Å². The second kappa shape index (κ2) is 6.47. The number of carbonyl (C=O) groups is 1. The monoisotopic (exact) mass is 362 g/mol. The van der Waals surface area contributed by atoms with Crippen molar-refractivity contribution in [1.82, 2.24) is 9.78 Å². The van der Waals surface area contributed by atoms with Gasteiger partial charge in [-0.05, 0) is 60.6 Å². The van der Waals surface area contributed by atoms with Crippen molar-refractivity contribution in [1.29, 1.82) is 0 Å². The van der Waals surface area contributed by atoms with Crippen LogP contribution in [0.5, 0.6) is 0 Å². The van der Waals surface area contributed by atoms with Crippen molar-refractivity contribution in [3.8, 4) is 5.69 Å². The molecular formula is C24H30N2O. The van der Waals surface area contributed by atoms with Crippen LogP contribution >= 0.6 is 0 Å². The maximum atomic E-state index is 13.2. The number of benzene rings is 1. The van der Waals surface area contributed by atoms with E-state index in [0.29, 0.717) is 16.7 Å². The molecule has 0 aliphatic heterocycles. The van der Waals surface area contributed by atoms with E-state index in [2.05, 4.69) is 32.8 Å². The first-order chi connectivity index (χ1) is 12.9. The van der Waals surface area contributed by atoms with Crippen molar-refractivity contribution in [3.05, 3.63) is 59.4 Å². The molecule has 0 radical (unpaired) electrons. The van der Waals surface area contributed by atoms with Gasteiger partial charge in [-0.2, -0.15) is 5.10 Å². The molecule has 2 aliphatic rings. The van der Waals surface area contributed by atoms with Crippen LogP contribution < -0.4 is 0 Å². The summed E-state index contributed by atoms with van der Waals surface area (Å²) >= 11 is 0. The summed E-state index contributed by atoms with van der Waals surface area (Å²) in [6.07, 6.45) is 9.11. The van der Waals surface area contributed by atoms with Crippen LogP contribution in [-0.2, 0) is 6.42 Å². The molecule has 2 fully saturated rings. The fourth-order valence-corrected chi connectivity index (χ4v) is 5.35. The van der Waals surface area contributed by atoms with Gasteiger partial charge in [-0.1, -0.05) is 57.9 Å². The van der Waals surface area contributed by atoms with Crippen molar-refractivity contribution >= 4 is 5.78 Å². The van der Waals surface area contributed by atoms with E-state index in [0.717, 1.165) is 36.2 Å². The predicted molar refractivity (Wildman–Crippen MR) is 109 cm³/mol. The molecule has 0 unspecified atom stereocenters. The molecule has 1 heterocycles. The van der Waals surface area contributed by atoms with Crippen LogP contribution in [-0.4, -0.2) is 15.6 Å². The molecule has 3 heteroatoms. The number of hydrogen-bond donors (Lipinski definition) is 0. The van der Waals surface area contributed by atoms with Crippen LogP contribution in [0, 0.1) is 16.7 Å². The zero-order valence-electron chi connectivity index (χ0n) is 17.0. The van der Waals surface area contributed by atoms with Crippen LogP contribution in [0.3, 0.4) is 0 Å². The Balaban J connectivity index is 1.68. The standard InChI is InChI=1S/C24H30N2O/c1-5-9-21-19(16-25-26(21)18-10-7-6-8-11-18)22(27)14-17-15-24(4)13-12-20(17)23(24,2)3/h6-8,10-11,14,16,20H,5,9,12-13,15H2,1-4H3/b17-14+/t20-,24+/m1/s1. The first-order valence-corrected chi connectivity index (χ1v) is 10.2. The van der Waals surface area contributed by atoms with E-state index >= 15 is 0 Å². The summed E-state index contributed by atoms with van der Waals surface area (Å²) in [6, 6.07) is 10.1. The van der Waals surface area contributed by atoms with Gasteiger partial charge < -0.3 is 0 Å². The minimum Gasteiger partial charge on any atom is -0.289 e. The summed E-state index contributed by atoms with van der Waals surface area (Å²) in [5.74, 6) is 0.674. The molecule has 1 aromatic heterocycles. The number of para-hydroxylation sites is 1. The van der Waals surface area contributed by atoms with Crippen LogP contribution in [0.4, 0.5) is 0 Å². The molecule has 0 N–H and O–H groups in total. The molecule has 1 aromatic carbocycles. The smallest absolute Gasteiger partial charge is 0.189 e. The molecule has 2 aliphatic carbocycles. The SMILES string of the molecule is CCCc1c(C(=O)/C=C2\C[C@]3(C)CC[C@H]2C3(C)C)cnn1-c1ccccc1. The molecule has 0 amide bonds. The van der Waals surface area contributed by atoms with Gasteiger partial charge in [0.1, 0.15) is 0 Å². The largest absolute Gasteiger partial charge is 0.289 e.